The Kier molecular flexibility index (Phi) is 7.55. The number of guanidine groups is 1. The third kappa shape index (κ3) is 5.89. The second-order valence-electron chi connectivity index (χ2n) is 6.66. The smallest absolute Gasteiger partial charge is 0.191 e. The van der Waals surface area contributed by atoms with E-state index in [-0.39, 0.29) is 0 Å². The maximum absolute atomic E-state index is 5.42. The summed E-state index contributed by atoms with van der Waals surface area (Å²) in [5, 5.41) is 6.71. The van der Waals surface area contributed by atoms with Crippen molar-refractivity contribution in [3.63, 3.8) is 0 Å². The molecule has 0 aromatic heterocycles. The highest BCUT2D eigenvalue weighted by Gasteiger charge is 2.10. The summed E-state index contributed by atoms with van der Waals surface area (Å²) in [6, 6.07) is 16.7. The summed E-state index contributed by atoms with van der Waals surface area (Å²) in [6.07, 6.45) is 0. The van der Waals surface area contributed by atoms with Crippen LogP contribution in [0.1, 0.15) is 18.1 Å². The molecule has 2 aromatic carbocycles. The Morgan fingerprint density at radius 2 is 1.68 bits per heavy atom. The van der Waals surface area contributed by atoms with Gasteiger partial charge in [0.15, 0.2) is 5.96 Å². The molecule has 150 valence electrons. The fourth-order valence-corrected chi connectivity index (χ4v) is 3.07. The zero-order valence-corrected chi connectivity index (χ0v) is 16.8. The van der Waals surface area contributed by atoms with Gasteiger partial charge in [0.05, 0.1) is 26.9 Å². The van der Waals surface area contributed by atoms with Crippen molar-refractivity contribution in [3.05, 3.63) is 59.7 Å². The summed E-state index contributed by atoms with van der Waals surface area (Å²) in [5.74, 6) is 1.67. The first kappa shape index (κ1) is 20.0. The van der Waals surface area contributed by atoms with Crippen LogP contribution in [0, 0.1) is 0 Å². The van der Waals surface area contributed by atoms with Crippen LogP contribution >= 0.6 is 0 Å². The van der Waals surface area contributed by atoms with Crippen LogP contribution in [0.5, 0.6) is 5.75 Å². The number of benzene rings is 2. The molecule has 28 heavy (non-hydrogen) atoms. The normalized spacial score (nSPS) is 14.6. The van der Waals surface area contributed by atoms with Gasteiger partial charge in [-0.1, -0.05) is 24.3 Å². The van der Waals surface area contributed by atoms with E-state index in [1.165, 1.54) is 11.3 Å². The molecule has 2 N–H and O–H groups in total. The van der Waals surface area contributed by atoms with E-state index in [4.69, 9.17) is 9.47 Å². The maximum Gasteiger partial charge on any atom is 0.191 e. The van der Waals surface area contributed by atoms with Crippen LogP contribution in [0.2, 0.25) is 0 Å². The van der Waals surface area contributed by atoms with Crippen molar-refractivity contribution >= 4 is 11.6 Å². The highest BCUT2D eigenvalue weighted by atomic mass is 16.5. The van der Waals surface area contributed by atoms with Crippen LogP contribution in [0.3, 0.4) is 0 Å². The summed E-state index contributed by atoms with van der Waals surface area (Å²) in [5.41, 5.74) is 3.63. The van der Waals surface area contributed by atoms with Crippen LogP contribution in [-0.4, -0.2) is 45.9 Å². The average molecular weight is 383 g/mol. The van der Waals surface area contributed by atoms with Gasteiger partial charge >= 0.3 is 0 Å². The number of hydrogen-bond acceptors (Lipinski definition) is 4. The van der Waals surface area contributed by atoms with Crippen molar-refractivity contribution in [2.45, 2.75) is 20.0 Å². The van der Waals surface area contributed by atoms with Crippen molar-refractivity contribution in [2.75, 3.05) is 44.9 Å². The first-order valence-corrected chi connectivity index (χ1v) is 9.85. The number of nitrogens with one attached hydrogen (secondary N) is 2. The Morgan fingerprint density at radius 3 is 2.32 bits per heavy atom. The minimum Gasteiger partial charge on any atom is -0.497 e. The van der Waals surface area contributed by atoms with Gasteiger partial charge in [0.25, 0.3) is 0 Å². The second kappa shape index (κ2) is 10.6. The monoisotopic (exact) mass is 382 g/mol. The predicted octanol–water partition coefficient (Wildman–Crippen LogP) is 2.79. The molecule has 0 amide bonds. The van der Waals surface area contributed by atoms with Crippen LogP contribution < -0.4 is 20.3 Å². The highest BCUT2D eigenvalue weighted by Crippen LogP contribution is 2.16. The van der Waals surface area contributed by atoms with E-state index in [0.29, 0.717) is 6.54 Å². The summed E-state index contributed by atoms with van der Waals surface area (Å²) < 4.78 is 10.6. The van der Waals surface area contributed by atoms with Crippen LogP contribution in [0.25, 0.3) is 0 Å². The molecule has 1 fully saturated rings. The SMILES string of the molecule is CCNC(=NCc1ccc(OC)cc1)NCc1ccc(N2CCOCC2)cc1. The van der Waals surface area contributed by atoms with Crippen LogP contribution in [0.15, 0.2) is 53.5 Å². The number of nitrogens with zero attached hydrogens (tertiary/aromatic N) is 2. The molecule has 0 radical (unpaired) electrons. The quantitative estimate of drug-likeness (QED) is 0.570. The number of methoxy groups -OCH3 is 1. The Hall–Kier alpha value is -2.73. The van der Waals surface area contributed by atoms with Crippen LogP contribution in [0.4, 0.5) is 5.69 Å². The number of ether oxygens (including phenoxy) is 2. The third-order valence-corrected chi connectivity index (χ3v) is 4.70. The number of morpholine rings is 1. The Balaban J connectivity index is 1.54. The van der Waals surface area contributed by atoms with Gasteiger partial charge in [-0.15, -0.1) is 0 Å². The molecule has 1 saturated heterocycles. The molecule has 0 atom stereocenters. The second-order valence-corrected chi connectivity index (χ2v) is 6.66. The molecule has 0 bridgehead atoms. The topological polar surface area (TPSA) is 58.1 Å². The van der Waals surface area contributed by atoms with E-state index >= 15 is 0 Å². The summed E-state index contributed by atoms with van der Waals surface area (Å²) in [7, 11) is 1.67. The average Bonchev–Trinajstić information content (AvgIpc) is 2.77. The molecule has 0 aliphatic carbocycles. The maximum atomic E-state index is 5.42. The molecule has 6 nitrogen and oxygen atoms in total. The molecule has 1 heterocycles. The molecule has 6 heteroatoms. The standard InChI is InChI=1S/C22H30N4O2/c1-3-23-22(25-17-19-6-10-21(27-2)11-7-19)24-16-18-4-8-20(9-5-18)26-12-14-28-15-13-26/h4-11H,3,12-17H2,1-2H3,(H2,23,24,25). The Labute approximate surface area is 167 Å². The Morgan fingerprint density at radius 1 is 1.00 bits per heavy atom. The van der Waals surface area contributed by atoms with E-state index in [2.05, 4.69) is 51.7 Å². The fraction of sp³-hybridized carbons (Fsp3) is 0.409. The summed E-state index contributed by atoms with van der Waals surface area (Å²) in [6.45, 7) is 7.78. The molecule has 0 unspecified atom stereocenters. The summed E-state index contributed by atoms with van der Waals surface area (Å²) >= 11 is 0. The van der Waals surface area contributed by atoms with E-state index in [1.54, 1.807) is 7.11 Å². The lowest BCUT2D eigenvalue weighted by atomic mass is 10.2. The first-order valence-electron chi connectivity index (χ1n) is 9.85. The third-order valence-electron chi connectivity index (χ3n) is 4.70. The lowest BCUT2D eigenvalue weighted by Gasteiger charge is -2.28. The lowest BCUT2D eigenvalue weighted by molar-refractivity contribution is 0.122. The van der Waals surface area contributed by atoms with Crippen molar-refractivity contribution in [1.82, 2.24) is 10.6 Å². The molecule has 1 aliphatic heterocycles. The highest BCUT2D eigenvalue weighted by molar-refractivity contribution is 5.79. The van der Waals surface area contributed by atoms with Gasteiger partial charge in [0.1, 0.15) is 5.75 Å². The first-order chi connectivity index (χ1) is 13.8. The van der Waals surface area contributed by atoms with E-state index in [1.807, 2.05) is 24.3 Å². The lowest BCUT2D eigenvalue weighted by Crippen LogP contribution is -2.37. The van der Waals surface area contributed by atoms with Gasteiger partial charge in [-0.25, -0.2) is 4.99 Å². The molecule has 3 rings (SSSR count). The predicted molar refractivity (Wildman–Crippen MR) is 114 cm³/mol. The van der Waals surface area contributed by atoms with Crippen molar-refractivity contribution in [1.29, 1.82) is 0 Å². The molecule has 0 spiro atoms. The number of hydrogen-bond donors (Lipinski definition) is 2. The minimum atomic E-state index is 0.620. The van der Waals surface area contributed by atoms with Gasteiger partial charge in [-0.05, 0) is 42.3 Å². The van der Waals surface area contributed by atoms with Crippen molar-refractivity contribution < 1.29 is 9.47 Å². The van der Waals surface area contributed by atoms with E-state index < -0.39 is 0 Å². The summed E-state index contributed by atoms with van der Waals surface area (Å²) in [4.78, 5) is 7.04. The van der Waals surface area contributed by atoms with Gasteiger partial charge in [-0.2, -0.15) is 0 Å². The number of aliphatic imine (C=N–C) groups is 1. The van der Waals surface area contributed by atoms with Crippen LogP contribution in [-0.2, 0) is 17.8 Å². The number of rotatable bonds is 7. The zero-order valence-electron chi connectivity index (χ0n) is 16.8. The van der Waals surface area contributed by atoms with E-state index in [9.17, 15) is 0 Å². The van der Waals surface area contributed by atoms with Gasteiger partial charge in [0.2, 0.25) is 0 Å². The molecule has 0 saturated carbocycles. The van der Waals surface area contributed by atoms with E-state index in [0.717, 1.165) is 56.7 Å². The molecular formula is C22H30N4O2. The van der Waals surface area contributed by atoms with Gasteiger partial charge in [0, 0.05) is 31.9 Å². The minimum absolute atomic E-state index is 0.620. The molecule has 2 aromatic rings. The number of anilines is 1. The Bertz CT molecular complexity index is 738. The van der Waals surface area contributed by atoms with Gasteiger partial charge in [-0.3, -0.25) is 0 Å². The molecular weight excluding hydrogens is 352 g/mol. The van der Waals surface area contributed by atoms with Crippen molar-refractivity contribution in [2.24, 2.45) is 4.99 Å². The zero-order chi connectivity index (χ0) is 19.6. The largest absolute Gasteiger partial charge is 0.497 e. The van der Waals surface area contributed by atoms with Gasteiger partial charge < -0.3 is 25.0 Å². The molecule has 1 aliphatic rings. The van der Waals surface area contributed by atoms with Crippen molar-refractivity contribution in [3.8, 4) is 5.75 Å². The fourth-order valence-electron chi connectivity index (χ4n) is 3.07.